The number of nitriles is 2. The zero-order valence-corrected chi connectivity index (χ0v) is 11.8. The molecule has 0 aromatic heterocycles. The van der Waals surface area contributed by atoms with E-state index in [-0.39, 0.29) is 18.0 Å². The number of carbonyl (C=O) groups excluding carboxylic acids is 1. The monoisotopic (exact) mass is 268 g/mol. The quantitative estimate of drug-likeness (QED) is 0.621. The third kappa shape index (κ3) is 4.26. The van der Waals surface area contributed by atoms with Gasteiger partial charge in [0.05, 0.1) is 5.57 Å². The van der Waals surface area contributed by atoms with Crippen molar-refractivity contribution in [2.75, 3.05) is 6.61 Å². The van der Waals surface area contributed by atoms with Gasteiger partial charge in [-0.3, -0.25) is 4.79 Å². The summed E-state index contributed by atoms with van der Waals surface area (Å²) in [6, 6.07) is 10.7. The molecule has 1 aromatic rings. The fourth-order valence-corrected chi connectivity index (χ4v) is 1.50. The molecule has 4 heteroatoms. The number of hydrogen-bond acceptors (Lipinski definition) is 4. The van der Waals surface area contributed by atoms with Gasteiger partial charge in [0.2, 0.25) is 0 Å². The number of ether oxygens (including phenoxy) is 1. The summed E-state index contributed by atoms with van der Waals surface area (Å²) in [6.45, 7) is 5.32. The summed E-state index contributed by atoms with van der Waals surface area (Å²) in [6.07, 6.45) is 1.56. The number of carbonyl (C=O) groups is 1. The van der Waals surface area contributed by atoms with Crippen molar-refractivity contribution in [3.8, 4) is 17.9 Å². The molecule has 0 saturated heterocycles. The van der Waals surface area contributed by atoms with Crippen LogP contribution in [0.5, 0.6) is 5.75 Å². The van der Waals surface area contributed by atoms with Crippen LogP contribution in [-0.2, 0) is 4.79 Å². The van der Waals surface area contributed by atoms with Gasteiger partial charge < -0.3 is 4.74 Å². The van der Waals surface area contributed by atoms with Crippen molar-refractivity contribution in [1.29, 1.82) is 10.5 Å². The van der Waals surface area contributed by atoms with Crippen LogP contribution in [-0.4, -0.2) is 12.4 Å². The van der Waals surface area contributed by atoms with Gasteiger partial charge in [0.15, 0.2) is 12.4 Å². The molecule has 0 radical (unpaired) electrons. The van der Waals surface area contributed by atoms with Crippen molar-refractivity contribution < 1.29 is 9.53 Å². The lowest BCUT2D eigenvalue weighted by Gasteiger charge is -2.15. The molecule has 0 aliphatic heterocycles. The number of nitrogens with zero attached hydrogens (tertiary/aromatic N) is 2. The minimum Gasteiger partial charge on any atom is -0.479 e. The predicted molar refractivity (Wildman–Crippen MR) is 75.6 cm³/mol. The van der Waals surface area contributed by atoms with Crippen LogP contribution in [0.2, 0.25) is 0 Å². The van der Waals surface area contributed by atoms with Gasteiger partial charge in [-0.25, -0.2) is 0 Å². The van der Waals surface area contributed by atoms with E-state index in [4.69, 9.17) is 15.3 Å². The minimum absolute atomic E-state index is 0.0128. The summed E-state index contributed by atoms with van der Waals surface area (Å²) in [7, 11) is 0. The van der Waals surface area contributed by atoms with Gasteiger partial charge in [-0.15, -0.1) is 0 Å². The van der Waals surface area contributed by atoms with Crippen molar-refractivity contribution in [3.05, 3.63) is 35.4 Å². The maximum absolute atomic E-state index is 12.1. The van der Waals surface area contributed by atoms with Crippen molar-refractivity contribution in [2.24, 2.45) is 5.41 Å². The van der Waals surface area contributed by atoms with E-state index in [9.17, 15) is 4.79 Å². The van der Waals surface area contributed by atoms with Crippen molar-refractivity contribution >= 4 is 11.9 Å². The topological polar surface area (TPSA) is 73.9 Å². The Morgan fingerprint density at radius 2 is 1.85 bits per heavy atom. The molecule has 0 spiro atoms. The Kier molecular flexibility index (Phi) is 5.06. The highest BCUT2D eigenvalue weighted by Crippen LogP contribution is 2.22. The highest BCUT2D eigenvalue weighted by atomic mass is 16.5. The van der Waals surface area contributed by atoms with E-state index in [0.29, 0.717) is 5.75 Å². The lowest BCUT2D eigenvalue weighted by molar-refractivity contribution is -0.121. The van der Waals surface area contributed by atoms with Crippen LogP contribution in [0.25, 0.3) is 6.08 Å². The van der Waals surface area contributed by atoms with E-state index in [1.165, 1.54) is 0 Å². The predicted octanol–water partition coefficient (Wildman–Crippen LogP) is 3.11. The number of hydrogen-bond donors (Lipinski definition) is 0. The van der Waals surface area contributed by atoms with Crippen LogP contribution in [0.3, 0.4) is 0 Å². The molecule has 1 aromatic carbocycles. The van der Waals surface area contributed by atoms with Crippen LogP contribution in [0, 0.1) is 28.1 Å². The SMILES string of the molecule is CC(C)(C)C(=O)/C(C#N)=C/c1ccc(OCC#N)cc1. The molecule has 0 fully saturated rings. The molecular weight excluding hydrogens is 252 g/mol. The average molecular weight is 268 g/mol. The fraction of sp³-hybridized carbons (Fsp3) is 0.312. The molecule has 20 heavy (non-hydrogen) atoms. The zero-order chi connectivity index (χ0) is 15.2. The number of ketones is 1. The molecule has 4 nitrogen and oxygen atoms in total. The smallest absolute Gasteiger partial charge is 0.178 e. The van der Waals surface area contributed by atoms with Gasteiger partial charge in [-0.2, -0.15) is 10.5 Å². The first-order valence-corrected chi connectivity index (χ1v) is 6.15. The molecule has 0 unspecified atom stereocenters. The Morgan fingerprint density at radius 3 is 2.30 bits per heavy atom. The molecule has 0 atom stereocenters. The molecular formula is C16H16N2O2. The summed E-state index contributed by atoms with van der Waals surface area (Å²) >= 11 is 0. The van der Waals surface area contributed by atoms with Gasteiger partial charge in [0.25, 0.3) is 0 Å². The molecule has 0 heterocycles. The van der Waals surface area contributed by atoms with Gasteiger partial charge in [0.1, 0.15) is 17.9 Å². The Hall–Kier alpha value is -2.59. The first-order valence-electron chi connectivity index (χ1n) is 6.15. The number of allylic oxidation sites excluding steroid dienone is 1. The molecule has 0 N–H and O–H groups in total. The van der Waals surface area contributed by atoms with Crippen LogP contribution in [0.1, 0.15) is 26.3 Å². The van der Waals surface area contributed by atoms with Crippen LogP contribution >= 0.6 is 0 Å². The third-order valence-electron chi connectivity index (χ3n) is 2.54. The normalized spacial score (nSPS) is 11.3. The first-order chi connectivity index (χ1) is 9.38. The van der Waals surface area contributed by atoms with E-state index in [1.54, 1.807) is 51.1 Å². The van der Waals surface area contributed by atoms with Gasteiger partial charge in [0, 0.05) is 5.41 Å². The standard InChI is InChI=1S/C16H16N2O2/c1-16(2,3)15(19)13(11-18)10-12-4-6-14(7-5-12)20-9-8-17/h4-7,10H,9H2,1-3H3/b13-10+. The first kappa shape index (κ1) is 15.5. The van der Waals surface area contributed by atoms with Crippen molar-refractivity contribution in [2.45, 2.75) is 20.8 Å². The summed E-state index contributed by atoms with van der Waals surface area (Å²) < 4.78 is 5.13. The largest absolute Gasteiger partial charge is 0.479 e. The second-order valence-electron chi connectivity index (χ2n) is 5.26. The van der Waals surface area contributed by atoms with Crippen LogP contribution < -0.4 is 4.74 Å². The minimum atomic E-state index is -0.586. The third-order valence-corrected chi connectivity index (χ3v) is 2.54. The van der Waals surface area contributed by atoms with Gasteiger partial charge in [-0.05, 0) is 23.8 Å². The highest BCUT2D eigenvalue weighted by Gasteiger charge is 2.24. The van der Waals surface area contributed by atoms with E-state index < -0.39 is 5.41 Å². The fourth-order valence-electron chi connectivity index (χ4n) is 1.50. The summed E-state index contributed by atoms with van der Waals surface area (Å²) in [5, 5.41) is 17.5. The summed E-state index contributed by atoms with van der Waals surface area (Å²) in [5.74, 6) is 0.383. The number of Topliss-reactive ketones (excluding diaryl/α,β-unsaturated/α-hetero) is 1. The molecule has 0 saturated carbocycles. The number of rotatable bonds is 4. The Bertz CT molecular complexity index is 593. The maximum Gasteiger partial charge on any atom is 0.178 e. The molecule has 0 aliphatic carbocycles. The van der Waals surface area contributed by atoms with Gasteiger partial charge in [-0.1, -0.05) is 32.9 Å². The lowest BCUT2D eigenvalue weighted by Crippen LogP contribution is -2.21. The molecule has 1 rings (SSSR count). The van der Waals surface area contributed by atoms with Crippen molar-refractivity contribution in [3.63, 3.8) is 0 Å². The summed E-state index contributed by atoms with van der Waals surface area (Å²) in [4.78, 5) is 12.1. The maximum atomic E-state index is 12.1. The Balaban J connectivity index is 2.95. The number of benzene rings is 1. The van der Waals surface area contributed by atoms with Crippen LogP contribution in [0.4, 0.5) is 0 Å². The molecule has 0 amide bonds. The van der Waals surface area contributed by atoms with E-state index >= 15 is 0 Å². The molecule has 0 aliphatic rings. The second-order valence-corrected chi connectivity index (χ2v) is 5.26. The lowest BCUT2D eigenvalue weighted by atomic mass is 9.86. The average Bonchev–Trinajstić information content (AvgIpc) is 2.42. The highest BCUT2D eigenvalue weighted by molar-refractivity contribution is 6.06. The van der Waals surface area contributed by atoms with E-state index in [2.05, 4.69) is 0 Å². The van der Waals surface area contributed by atoms with E-state index in [0.717, 1.165) is 5.56 Å². The molecule has 0 bridgehead atoms. The Morgan fingerprint density at radius 1 is 1.25 bits per heavy atom. The summed E-state index contributed by atoms with van der Waals surface area (Å²) in [5.41, 5.74) is 0.281. The van der Waals surface area contributed by atoms with Gasteiger partial charge >= 0.3 is 0 Å². The zero-order valence-electron chi connectivity index (χ0n) is 11.8. The van der Waals surface area contributed by atoms with E-state index in [1.807, 2.05) is 12.1 Å². The van der Waals surface area contributed by atoms with Crippen molar-refractivity contribution in [1.82, 2.24) is 0 Å². The van der Waals surface area contributed by atoms with Crippen LogP contribution in [0.15, 0.2) is 29.8 Å². The Labute approximate surface area is 118 Å². The molecule has 102 valence electrons. The second kappa shape index (κ2) is 6.54.